The van der Waals surface area contributed by atoms with E-state index in [0.29, 0.717) is 17.3 Å². The van der Waals surface area contributed by atoms with Gasteiger partial charge in [-0.3, -0.25) is 4.79 Å². The molecule has 0 atom stereocenters. The number of benzene rings is 2. The summed E-state index contributed by atoms with van der Waals surface area (Å²) in [5.74, 6) is 0.346. The summed E-state index contributed by atoms with van der Waals surface area (Å²) >= 11 is 0. The van der Waals surface area contributed by atoms with Crippen molar-refractivity contribution in [2.75, 3.05) is 5.32 Å². The predicted octanol–water partition coefficient (Wildman–Crippen LogP) is 4.73. The molecule has 2 aromatic carbocycles. The van der Waals surface area contributed by atoms with Crippen LogP contribution in [0.5, 0.6) is 11.6 Å². The van der Waals surface area contributed by atoms with Gasteiger partial charge in [-0.2, -0.15) is 18.3 Å². The molecule has 0 unspecified atom stereocenters. The van der Waals surface area contributed by atoms with Gasteiger partial charge >= 0.3 is 6.18 Å². The average molecular weight is 425 g/mol. The molecule has 156 valence electrons. The molecule has 2 heterocycles. The van der Waals surface area contributed by atoms with E-state index >= 15 is 0 Å². The maximum Gasteiger partial charge on any atom is 0.417 e. The van der Waals surface area contributed by atoms with Crippen molar-refractivity contribution >= 4 is 11.6 Å². The Morgan fingerprint density at radius 2 is 1.77 bits per heavy atom. The third-order valence-electron chi connectivity index (χ3n) is 4.18. The molecule has 0 fully saturated rings. The molecule has 0 spiro atoms. The molecule has 1 N–H and O–H groups in total. The summed E-state index contributed by atoms with van der Waals surface area (Å²) < 4.78 is 46.6. The Balaban J connectivity index is 1.46. The van der Waals surface area contributed by atoms with Crippen LogP contribution in [0.4, 0.5) is 18.9 Å². The van der Waals surface area contributed by atoms with E-state index in [2.05, 4.69) is 20.4 Å². The number of nitrogens with zero attached hydrogens (tertiary/aromatic N) is 4. The van der Waals surface area contributed by atoms with Gasteiger partial charge in [0, 0.05) is 24.1 Å². The lowest BCUT2D eigenvalue weighted by atomic mass is 10.1. The Kier molecular flexibility index (Phi) is 5.35. The quantitative estimate of drug-likeness (QED) is 0.500. The highest BCUT2D eigenvalue weighted by atomic mass is 19.4. The fourth-order valence-corrected chi connectivity index (χ4v) is 2.77. The van der Waals surface area contributed by atoms with Gasteiger partial charge in [0.1, 0.15) is 12.1 Å². The van der Waals surface area contributed by atoms with Gasteiger partial charge in [-0.1, -0.05) is 12.1 Å². The second kappa shape index (κ2) is 8.27. The van der Waals surface area contributed by atoms with Crippen LogP contribution in [0.15, 0.2) is 79.4 Å². The lowest BCUT2D eigenvalue weighted by Crippen LogP contribution is -2.18. The van der Waals surface area contributed by atoms with Crippen molar-refractivity contribution in [3.8, 4) is 17.4 Å². The lowest BCUT2D eigenvalue weighted by molar-refractivity contribution is -0.137. The summed E-state index contributed by atoms with van der Waals surface area (Å²) in [6.45, 7) is 0. The molecule has 1 amide bonds. The molecule has 0 saturated heterocycles. The minimum atomic E-state index is -4.63. The number of alkyl halides is 3. The van der Waals surface area contributed by atoms with E-state index in [4.69, 9.17) is 4.74 Å². The maximum atomic E-state index is 13.1. The van der Waals surface area contributed by atoms with Crippen molar-refractivity contribution in [1.29, 1.82) is 0 Å². The van der Waals surface area contributed by atoms with Crippen molar-refractivity contribution < 1.29 is 22.7 Å². The Hall–Kier alpha value is -4.21. The third kappa shape index (κ3) is 4.69. The van der Waals surface area contributed by atoms with Gasteiger partial charge in [-0.25, -0.2) is 14.6 Å². The molecule has 0 radical (unpaired) electrons. The number of halogens is 3. The van der Waals surface area contributed by atoms with E-state index < -0.39 is 23.2 Å². The number of ether oxygens (including phenoxy) is 1. The molecule has 31 heavy (non-hydrogen) atoms. The molecule has 10 heteroatoms. The second-order valence-electron chi connectivity index (χ2n) is 6.29. The second-order valence-corrected chi connectivity index (χ2v) is 6.29. The molecular formula is C21H14F3N5O2. The molecule has 0 aliphatic heterocycles. The van der Waals surface area contributed by atoms with Crippen molar-refractivity contribution in [1.82, 2.24) is 19.7 Å². The molecule has 2 aromatic heterocycles. The largest absolute Gasteiger partial charge is 0.439 e. The van der Waals surface area contributed by atoms with Crippen LogP contribution in [0, 0.1) is 0 Å². The number of amides is 1. The molecule has 0 bridgehead atoms. The van der Waals surface area contributed by atoms with Crippen LogP contribution in [0.25, 0.3) is 5.82 Å². The first-order valence-corrected chi connectivity index (χ1v) is 8.98. The van der Waals surface area contributed by atoms with E-state index in [-0.39, 0.29) is 5.88 Å². The molecule has 0 saturated carbocycles. The zero-order valence-corrected chi connectivity index (χ0v) is 15.7. The number of hydrogen-bond donors (Lipinski definition) is 1. The third-order valence-corrected chi connectivity index (χ3v) is 4.18. The molecule has 0 aliphatic rings. The van der Waals surface area contributed by atoms with Gasteiger partial charge in [0.05, 0.1) is 11.1 Å². The normalized spacial score (nSPS) is 11.2. The summed E-state index contributed by atoms with van der Waals surface area (Å²) in [5, 5.41) is 6.54. The fraction of sp³-hybridized carbons (Fsp3) is 0.0476. The SMILES string of the molecule is O=C(Nc1ccc(Oc2cc(-n3cccn3)ncn2)cc1)c1ccccc1C(F)(F)F. The number of carbonyl (C=O) groups excluding carboxylic acids is 1. The Morgan fingerprint density at radius 1 is 1.00 bits per heavy atom. The Labute approximate surface area is 174 Å². The number of nitrogens with one attached hydrogen (secondary N) is 1. The van der Waals surface area contributed by atoms with Crippen molar-refractivity contribution in [3.63, 3.8) is 0 Å². The summed E-state index contributed by atoms with van der Waals surface area (Å²) in [6.07, 6.45) is 0.0422. The minimum absolute atomic E-state index is 0.274. The number of hydrogen-bond acceptors (Lipinski definition) is 5. The summed E-state index contributed by atoms with van der Waals surface area (Å²) in [6, 6.07) is 14.1. The Bertz CT molecular complexity index is 1190. The zero-order valence-electron chi connectivity index (χ0n) is 15.7. The van der Waals surface area contributed by atoms with Crippen LogP contribution in [-0.2, 0) is 6.18 Å². The first-order valence-electron chi connectivity index (χ1n) is 8.98. The summed E-state index contributed by atoms with van der Waals surface area (Å²) in [5.41, 5.74) is -1.14. The van der Waals surface area contributed by atoms with Gasteiger partial charge in [0.15, 0.2) is 5.82 Å². The first-order chi connectivity index (χ1) is 14.9. The van der Waals surface area contributed by atoms with E-state index in [9.17, 15) is 18.0 Å². The van der Waals surface area contributed by atoms with Gasteiger partial charge in [0.2, 0.25) is 5.88 Å². The summed E-state index contributed by atoms with van der Waals surface area (Å²) in [7, 11) is 0. The van der Waals surface area contributed by atoms with Crippen LogP contribution < -0.4 is 10.1 Å². The maximum absolute atomic E-state index is 13.1. The van der Waals surface area contributed by atoms with Crippen LogP contribution in [0.3, 0.4) is 0 Å². The number of rotatable bonds is 5. The fourth-order valence-electron chi connectivity index (χ4n) is 2.77. The van der Waals surface area contributed by atoms with Crippen molar-refractivity contribution in [2.45, 2.75) is 6.18 Å². The molecular weight excluding hydrogens is 411 g/mol. The van der Waals surface area contributed by atoms with Gasteiger partial charge in [-0.15, -0.1) is 0 Å². The minimum Gasteiger partial charge on any atom is -0.439 e. The standard InChI is InChI=1S/C21H14F3N5O2/c22-21(23,24)17-5-2-1-4-16(17)20(30)28-14-6-8-15(9-7-14)31-19-12-18(25-13-26-19)29-11-3-10-27-29/h1-13H,(H,28,30). The average Bonchev–Trinajstić information content (AvgIpc) is 3.30. The first kappa shape index (κ1) is 20.1. The van der Waals surface area contributed by atoms with E-state index in [0.717, 1.165) is 12.1 Å². The molecule has 4 aromatic rings. The summed E-state index contributed by atoms with van der Waals surface area (Å²) in [4.78, 5) is 20.5. The predicted molar refractivity (Wildman–Crippen MR) is 105 cm³/mol. The highest BCUT2D eigenvalue weighted by Gasteiger charge is 2.34. The topological polar surface area (TPSA) is 81.9 Å². The van der Waals surface area contributed by atoms with Crippen molar-refractivity contribution in [3.05, 3.63) is 90.5 Å². The van der Waals surface area contributed by atoms with Gasteiger partial charge in [0.25, 0.3) is 5.91 Å². The smallest absolute Gasteiger partial charge is 0.417 e. The van der Waals surface area contributed by atoms with E-state index in [1.54, 1.807) is 41.3 Å². The highest BCUT2D eigenvalue weighted by molar-refractivity contribution is 6.05. The molecule has 0 aliphatic carbocycles. The van der Waals surface area contributed by atoms with Gasteiger partial charge in [-0.05, 0) is 42.5 Å². The monoisotopic (exact) mass is 425 g/mol. The van der Waals surface area contributed by atoms with Crippen LogP contribution in [-0.4, -0.2) is 25.7 Å². The molecule has 4 rings (SSSR count). The van der Waals surface area contributed by atoms with E-state index in [1.807, 2.05) is 0 Å². The zero-order chi connectivity index (χ0) is 21.8. The van der Waals surface area contributed by atoms with Crippen molar-refractivity contribution in [2.24, 2.45) is 0 Å². The Morgan fingerprint density at radius 3 is 2.48 bits per heavy atom. The number of anilines is 1. The van der Waals surface area contributed by atoms with Crippen LogP contribution >= 0.6 is 0 Å². The van der Waals surface area contributed by atoms with Gasteiger partial charge < -0.3 is 10.1 Å². The highest BCUT2D eigenvalue weighted by Crippen LogP contribution is 2.32. The lowest BCUT2D eigenvalue weighted by Gasteiger charge is -2.13. The number of carbonyl (C=O) groups is 1. The molecule has 7 nitrogen and oxygen atoms in total. The van der Waals surface area contributed by atoms with Crippen LogP contribution in [0.1, 0.15) is 15.9 Å². The number of aromatic nitrogens is 4. The van der Waals surface area contributed by atoms with Crippen LogP contribution in [0.2, 0.25) is 0 Å². The van der Waals surface area contributed by atoms with E-state index in [1.165, 1.54) is 30.6 Å².